The Morgan fingerprint density at radius 1 is 1.89 bits per heavy atom. The van der Waals surface area contributed by atoms with Gasteiger partial charge in [-0.25, -0.2) is 0 Å². The maximum Gasteiger partial charge on any atom is 0.306 e. The summed E-state index contributed by atoms with van der Waals surface area (Å²) in [5, 5.41) is 17.2. The second kappa shape index (κ2) is 2.64. The standard InChI is InChI=1S/C6H10O3/c1-3-6(2,9)4-5(7)8/h3,9H,1,4H2,2H3,(H,7,8)/t6-/m0/s1. The molecule has 52 valence electrons. The third kappa shape index (κ3) is 3.73. The van der Waals surface area contributed by atoms with E-state index in [1.165, 1.54) is 13.0 Å². The zero-order valence-electron chi connectivity index (χ0n) is 5.29. The Balaban J connectivity index is 3.86. The number of aliphatic hydroxyl groups is 1. The summed E-state index contributed by atoms with van der Waals surface area (Å²) < 4.78 is 0. The summed E-state index contributed by atoms with van der Waals surface area (Å²) in [6, 6.07) is 0. The van der Waals surface area contributed by atoms with E-state index in [-0.39, 0.29) is 6.42 Å². The highest BCUT2D eigenvalue weighted by molar-refractivity contribution is 5.68. The lowest BCUT2D eigenvalue weighted by atomic mass is 10.0. The quantitative estimate of drug-likeness (QED) is 0.543. The zero-order valence-corrected chi connectivity index (χ0v) is 5.29. The van der Waals surface area contributed by atoms with Gasteiger partial charge in [0.1, 0.15) is 0 Å². The van der Waals surface area contributed by atoms with Crippen molar-refractivity contribution < 1.29 is 15.0 Å². The van der Waals surface area contributed by atoms with Crippen LogP contribution >= 0.6 is 0 Å². The van der Waals surface area contributed by atoms with Crippen molar-refractivity contribution in [3.63, 3.8) is 0 Å². The first-order chi connectivity index (χ1) is 3.98. The molecule has 0 aromatic heterocycles. The highest BCUT2D eigenvalue weighted by Crippen LogP contribution is 2.08. The summed E-state index contributed by atoms with van der Waals surface area (Å²) in [7, 11) is 0. The van der Waals surface area contributed by atoms with Gasteiger partial charge in [0.2, 0.25) is 0 Å². The Labute approximate surface area is 53.6 Å². The molecular formula is C6H10O3. The average Bonchev–Trinajstić information content (AvgIpc) is 1.63. The number of rotatable bonds is 3. The van der Waals surface area contributed by atoms with Crippen LogP contribution in [0.1, 0.15) is 13.3 Å². The Morgan fingerprint density at radius 2 is 2.33 bits per heavy atom. The molecule has 0 heterocycles. The van der Waals surface area contributed by atoms with Crippen LogP contribution < -0.4 is 0 Å². The van der Waals surface area contributed by atoms with Crippen LogP contribution in [-0.2, 0) is 4.79 Å². The molecule has 0 fully saturated rings. The van der Waals surface area contributed by atoms with E-state index in [2.05, 4.69) is 6.58 Å². The van der Waals surface area contributed by atoms with Gasteiger partial charge in [0.25, 0.3) is 0 Å². The predicted octanol–water partition coefficient (Wildman–Crippen LogP) is 0.398. The summed E-state index contributed by atoms with van der Waals surface area (Å²) in [5.41, 5.74) is -1.27. The molecule has 3 nitrogen and oxygen atoms in total. The first kappa shape index (κ1) is 8.17. The van der Waals surface area contributed by atoms with Crippen LogP contribution in [0.2, 0.25) is 0 Å². The lowest BCUT2D eigenvalue weighted by molar-refractivity contribution is -0.140. The molecule has 0 aliphatic heterocycles. The second-order valence-electron chi connectivity index (χ2n) is 2.13. The number of aliphatic carboxylic acids is 1. The van der Waals surface area contributed by atoms with Crippen molar-refractivity contribution in [1.82, 2.24) is 0 Å². The van der Waals surface area contributed by atoms with Crippen LogP contribution in [0, 0.1) is 0 Å². The molecule has 0 saturated carbocycles. The van der Waals surface area contributed by atoms with Crippen molar-refractivity contribution in [3.8, 4) is 0 Å². The molecule has 0 amide bonds. The maximum atomic E-state index is 9.97. The molecule has 0 spiro atoms. The molecule has 0 bridgehead atoms. The number of carboxylic acid groups (broad SMARTS) is 1. The van der Waals surface area contributed by atoms with Gasteiger partial charge in [0, 0.05) is 0 Å². The largest absolute Gasteiger partial charge is 0.481 e. The molecule has 0 aromatic rings. The van der Waals surface area contributed by atoms with Crippen molar-refractivity contribution >= 4 is 5.97 Å². The van der Waals surface area contributed by atoms with Crippen molar-refractivity contribution in [3.05, 3.63) is 12.7 Å². The van der Waals surface area contributed by atoms with Crippen LogP contribution in [0.25, 0.3) is 0 Å². The van der Waals surface area contributed by atoms with Gasteiger partial charge in [-0.3, -0.25) is 4.79 Å². The first-order valence-corrected chi connectivity index (χ1v) is 2.56. The Bertz CT molecular complexity index is 126. The zero-order chi connectivity index (χ0) is 7.49. The Kier molecular flexibility index (Phi) is 2.40. The molecule has 0 rings (SSSR count). The van der Waals surface area contributed by atoms with Crippen molar-refractivity contribution in [2.45, 2.75) is 18.9 Å². The van der Waals surface area contributed by atoms with Crippen LogP contribution in [-0.4, -0.2) is 21.8 Å². The van der Waals surface area contributed by atoms with E-state index in [4.69, 9.17) is 10.2 Å². The summed E-state index contributed by atoms with van der Waals surface area (Å²) >= 11 is 0. The van der Waals surface area contributed by atoms with Crippen molar-refractivity contribution in [1.29, 1.82) is 0 Å². The molecule has 0 saturated heterocycles. The van der Waals surface area contributed by atoms with Gasteiger partial charge in [-0.15, -0.1) is 6.58 Å². The Hall–Kier alpha value is -0.830. The van der Waals surface area contributed by atoms with Crippen molar-refractivity contribution in [2.75, 3.05) is 0 Å². The molecule has 0 aromatic carbocycles. The predicted molar refractivity (Wildman–Crippen MR) is 33.1 cm³/mol. The average molecular weight is 130 g/mol. The topological polar surface area (TPSA) is 57.5 Å². The molecular weight excluding hydrogens is 120 g/mol. The van der Waals surface area contributed by atoms with Crippen LogP contribution in [0.4, 0.5) is 0 Å². The maximum absolute atomic E-state index is 9.97. The fraction of sp³-hybridized carbons (Fsp3) is 0.500. The van der Waals surface area contributed by atoms with E-state index in [0.717, 1.165) is 0 Å². The van der Waals surface area contributed by atoms with Gasteiger partial charge in [-0.1, -0.05) is 6.08 Å². The van der Waals surface area contributed by atoms with Crippen molar-refractivity contribution in [2.24, 2.45) is 0 Å². The third-order valence-electron chi connectivity index (χ3n) is 0.949. The van der Waals surface area contributed by atoms with Gasteiger partial charge < -0.3 is 10.2 Å². The molecule has 0 unspecified atom stereocenters. The lowest BCUT2D eigenvalue weighted by Crippen LogP contribution is -2.24. The number of hydrogen-bond acceptors (Lipinski definition) is 2. The van der Waals surface area contributed by atoms with E-state index < -0.39 is 11.6 Å². The molecule has 0 aliphatic rings. The molecule has 0 aliphatic carbocycles. The van der Waals surface area contributed by atoms with E-state index in [1.807, 2.05) is 0 Å². The number of carbonyl (C=O) groups is 1. The minimum atomic E-state index is -1.27. The van der Waals surface area contributed by atoms with Crippen LogP contribution in [0.3, 0.4) is 0 Å². The molecule has 0 radical (unpaired) electrons. The van der Waals surface area contributed by atoms with Crippen LogP contribution in [0.5, 0.6) is 0 Å². The number of hydrogen-bond donors (Lipinski definition) is 2. The minimum Gasteiger partial charge on any atom is -0.481 e. The SMILES string of the molecule is C=C[C@](C)(O)CC(=O)O. The first-order valence-electron chi connectivity index (χ1n) is 2.56. The highest BCUT2D eigenvalue weighted by atomic mass is 16.4. The lowest BCUT2D eigenvalue weighted by Gasteiger charge is -2.13. The van der Waals surface area contributed by atoms with E-state index >= 15 is 0 Å². The fourth-order valence-corrected chi connectivity index (χ4v) is 0.378. The normalized spacial score (nSPS) is 16.2. The smallest absolute Gasteiger partial charge is 0.306 e. The summed E-state index contributed by atoms with van der Waals surface area (Å²) in [4.78, 5) is 9.97. The van der Waals surface area contributed by atoms with Gasteiger partial charge in [0.15, 0.2) is 0 Å². The fourth-order valence-electron chi connectivity index (χ4n) is 0.378. The van der Waals surface area contributed by atoms with Crippen LogP contribution in [0.15, 0.2) is 12.7 Å². The minimum absolute atomic E-state index is 0.295. The van der Waals surface area contributed by atoms with E-state index in [0.29, 0.717) is 0 Å². The van der Waals surface area contributed by atoms with Gasteiger partial charge in [-0.05, 0) is 6.92 Å². The van der Waals surface area contributed by atoms with Gasteiger partial charge in [-0.2, -0.15) is 0 Å². The molecule has 1 atom stereocenters. The van der Waals surface area contributed by atoms with E-state index in [9.17, 15) is 4.79 Å². The van der Waals surface area contributed by atoms with E-state index in [1.54, 1.807) is 0 Å². The summed E-state index contributed by atoms with van der Waals surface area (Å²) in [6.45, 7) is 4.67. The summed E-state index contributed by atoms with van der Waals surface area (Å²) in [5.74, 6) is -1.03. The van der Waals surface area contributed by atoms with Gasteiger partial charge in [0.05, 0.1) is 12.0 Å². The summed E-state index contributed by atoms with van der Waals surface area (Å²) in [6.07, 6.45) is 0.914. The highest BCUT2D eigenvalue weighted by Gasteiger charge is 2.18. The molecule has 2 N–H and O–H groups in total. The Morgan fingerprint density at radius 3 is 2.44 bits per heavy atom. The third-order valence-corrected chi connectivity index (χ3v) is 0.949. The monoisotopic (exact) mass is 130 g/mol. The van der Waals surface area contributed by atoms with Gasteiger partial charge >= 0.3 is 5.97 Å². The second-order valence-corrected chi connectivity index (χ2v) is 2.13. The molecule has 9 heavy (non-hydrogen) atoms. The molecule has 3 heteroatoms. The number of carboxylic acids is 1.